The van der Waals surface area contributed by atoms with Crippen LogP contribution in [0.5, 0.6) is 0 Å². The van der Waals surface area contributed by atoms with Crippen LogP contribution in [0.15, 0.2) is 24.3 Å². The van der Waals surface area contributed by atoms with Crippen LogP contribution in [0.3, 0.4) is 0 Å². The van der Waals surface area contributed by atoms with Crippen LogP contribution in [0.4, 0.5) is 9.18 Å². The zero-order chi connectivity index (χ0) is 16.9. The molecule has 0 saturated carbocycles. The standard InChI is InChI=1S/C15H21FN2O4/c1-15(2,3)22-14(21)18-12(13(19)20)8-11(17)9-4-6-10(16)7-5-9/h4-7,11-12H,8,17H2,1-3H3,(H,18,21)(H,19,20)/t11-,12+/m0/s1. The van der Waals surface area contributed by atoms with Gasteiger partial charge in [0.05, 0.1) is 0 Å². The number of aliphatic carboxylic acids is 1. The molecule has 1 aromatic carbocycles. The van der Waals surface area contributed by atoms with Gasteiger partial charge in [0.1, 0.15) is 17.5 Å². The summed E-state index contributed by atoms with van der Waals surface area (Å²) >= 11 is 0. The van der Waals surface area contributed by atoms with Crippen LogP contribution in [-0.4, -0.2) is 28.8 Å². The average Bonchev–Trinajstić information content (AvgIpc) is 2.36. The number of hydrogen-bond donors (Lipinski definition) is 3. The molecule has 4 N–H and O–H groups in total. The molecule has 0 aliphatic rings. The molecule has 0 aromatic heterocycles. The number of carbonyl (C=O) groups excluding carboxylic acids is 1. The van der Waals surface area contributed by atoms with Gasteiger partial charge in [-0.25, -0.2) is 14.0 Å². The highest BCUT2D eigenvalue weighted by Gasteiger charge is 2.26. The highest BCUT2D eigenvalue weighted by Crippen LogP contribution is 2.17. The van der Waals surface area contributed by atoms with Gasteiger partial charge in [-0.3, -0.25) is 0 Å². The molecule has 0 spiro atoms. The van der Waals surface area contributed by atoms with Gasteiger partial charge in [0.15, 0.2) is 0 Å². The van der Waals surface area contributed by atoms with Gasteiger partial charge in [-0.2, -0.15) is 0 Å². The lowest BCUT2D eigenvalue weighted by Crippen LogP contribution is -2.44. The molecule has 0 aliphatic carbocycles. The summed E-state index contributed by atoms with van der Waals surface area (Å²) in [7, 11) is 0. The van der Waals surface area contributed by atoms with E-state index in [0.717, 1.165) is 0 Å². The van der Waals surface area contributed by atoms with Crippen molar-refractivity contribution in [3.05, 3.63) is 35.6 Å². The Labute approximate surface area is 128 Å². The monoisotopic (exact) mass is 312 g/mol. The molecule has 7 heteroatoms. The van der Waals surface area contributed by atoms with E-state index in [4.69, 9.17) is 10.5 Å². The Hall–Kier alpha value is -2.15. The summed E-state index contributed by atoms with van der Waals surface area (Å²) in [6, 6.07) is 3.59. The van der Waals surface area contributed by atoms with E-state index in [2.05, 4.69) is 5.32 Å². The fourth-order valence-corrected chi connectivity index (χ4v) is 1.77. The topological polar surface area (TPSA) is 102 Å². The number of hydrogen-bond acceptors (Lipinski definition) is 4. The highest BCUT2D eigenvalue weighted by atomic mass is 19.1. The van der Waals surface area contributed by atoms with Crippen LogP contribution in [0.2, 0.25) is 0 Å². The summed E-state index contributed by atoms with van der Waals surface area (Å²) in [6.45, 7) is 5.02. The van der Waals surface area contributed by atoms with Crippen LogP contribution in [0, 0.1) is 5.82 Å². The number of amides is 1. The lowest BCUT2D eigenvalue weighted by Gasteiger charge is -2.23. The molecule has 0 radical (unpaired) electrons. The minimum absolute atomic E-state index is 0.0415. The molecule has 0 heterocycles. The molecule has 6 nitrogen and oxygen atoms in total. The van der Waals surface area contributed by atoms with Crippen LogP contribution in [0.1, 0.15) is 38.8 Å². The Morgan fingerprint density at radius 2 is 1.86 bits per heavy atom. The van der Waals surface area contributed by atoms with Gasteiger partial charge in [0.25, 0.3) is 0 Å². The second kappa shape index (κ2) is 7.22. The SMILES string of the molecule is CC(C)(C)OC(=O)N[C@H](C[C@H](N)c1ccc(F)cc1)C(=O)O. The number of benzene rings is 1. The largest absolute Gasteiger partial charge is 0.480 e. The second-order valence-electron chi connectivity index (χ2n) is 5.93. The van der Waals surface area contributed by atoms with Crippen molar-refractivity contribution in [1.82, 2.24) is 5.32 Å². The average molecular weight is 312 g/mol. The lowest BCUT2D eigenvalue weighted by atomic mass is 10.0. The maximum atomic E-state index is 12.9. The first-order valence-electron chi connectivity index (χ1n) is 6.82. The lowest BCUT2D eigenvalue weighted by molar-refractivity contribution is -0.139. The summed E-state index contributed by atoms with van der Waals surface area (Å²) in [5.74, 6) is -1.62. The van der Waals surface area contributed by atoms with E-state index < -0.39 is 35.6 Å². The van der Waals surface area contributed by atoms with Crippen molar-refractivity contribution in [2.45, 2.75) is 44.9 Å². The Morgan fingerprint density at radius 1 is 1.32 bits per heavy atom. The molecular weight excluding hydrogens is 291 g/mol. The van der Waals surface area contributed by atoms with E-state index in [1.807, 2.05) is 0 Å². The van der Waals surface area contributed by atoms with Crippen molar-refractivity contribution in [1.29, 1.82) is 0 Å². The zero-order valence-electron chi connectivity index (χ0n) is 12.8. The van der Waals surface area contributed by atoms with Gasteiger partial charge >= 0.3 is 12.1 Å². The van der Waals surface area contributed by atoms with Gasteiger partial charge in [0, 0.05) is 6.04 Å². The number of rotatable bonds is 5. The highest BCUT2D eigenvalue weighted by molar-refractivity contribution is 5.80. The van der Waals surface area contributed by atoms with Gasteiger partial charge in [-0.1, -0.05) is 12.1 Å². The van der Waals surface area contributed by atoms with Crippen molar-refractivity contribution in [3.8, 4) is 0 Å². The molecule has 22 heavy (non-hydrogen) atoms. The molecule has 0 aliphatic heterocycles. The van der Waals surface area contributed by atoms with Crippen LogP contribution >= 0.6 is 0 Å². The molecule has 1 amide bonds. The number of carbonyl (C=O) groups is 2. The Bertz CT molecular complexity index is 525. The third-order valence-electron chi connectivity index (χ3n) is 2.78. The van der Waals surface area contributed by atoms with Crippen molar-refractivity contribution in [2.75, 3.05) is 0 Å². The Balaban J connectivity index is 2.70. The first-order valence-corrected chi connectivity index (χ1v) is 6.82. The molecule has 0 unspecified atom stereocenters. The second-order valence-corrected chi connectivity index (χ2v) is 5.93. The van der Waals surface area contributed by atoms with E-state index in [1.165, 1.54) is 24.3 Å². The molecule has 122 valence electrons. The van der Waals surface area contributed by atoms with E-state index >= 15 is 0 Å². The summed E-state index contributed by atoms with van der Waals surface area (Å²) in [5, 5.41) is 11.4. The summed E-state index contributed by atoms with van der Waals surface area (Å²) in [4.78, 5) is 22.9. The van der Waals surface area contributed by atoms with Crippen molar-refractivity contribution in [2.24, 2.45) is 5.73 Å². The predicted molar refractivity (Wildman–Crippen MR) is 78.7 cm³/mol. The van der Waals surface area contributed by atoms with E-state index in [0.29, 0.717) is 5.56 Å². The Morgan fingerprint density at radius 3 is 2.32 bits per heavy atom. The van der Waals surface area contributed by atoms with Crippen LogP contribution in [0.25, 0.3) is 0 Å². The van der Waals surface area contributed by atoms with Gasteiger partial charge in [-0.05, 0) is 44.9 Å². The molecule has 0 saturated heterocycles. The molecular formula is C15H21FN2O4. The number of nitrogens with two attached hydrogens (primary N) is 1. The number of carboxylic acids is 1. The maximum absolute atomic E-state index is 12.9. The van der Waals surface area contributed by atoms with Gasteiger partial charge in [-0.15, -0.1) is 0 Å². The van der Waals surface area contributed by atoms with Crippen LogP contribution < -0.4 is 11.1 Å². The smallest absolute Gasteiger partial charge is 0.408 e. The van der Waals surface area contributed by atoms with Crippen molar-refractivity contribution in [3.63, 3.8) is 0 Å². The van der Waals surface area contributed by atoms with E-state index in [9.17, 15) is 19.1 Å². The number of ether oxygens (including phenoxy) is 1. The zero-order valence-corrected chi connectivity index (χ0v) is 12.8. The first kappa shape index (κ1) is 17.9. The van der Waals surface area contributed by atoms with Crippen molar-refractivity contribution >= 4 is 12.1 Å². The first-order chi connectivity index (χ1) is 10.1. The number of alkyl carbamates (subject to hydrolysis) is 1. The minimum atomic E-state index is -1.22. The molecule has 0 bridgehead atoms. The fourth-order valence-electron chi connectivity index (χ4n) is 1.77. The van der Waals surface area contributed by atoms with E-state index in [1.54, 1.807) is 20.8 Å². The normalized spacial score (nSPS) is 14.0. The number of nitrogens with one attached hydrogen (secondary N) is 1. The van der Waals surface area contributed by atoms with Crippen LogP contribution in [-0.2, 0) is 9.53 Å². The summed E-state index contributed by atoms with van der Waals surface area (Å²) < 4.78 is 17.9. The summed E-state index contributed by atoms with van der Waals surface area (Å²) in [6.07, 6.45) is -0.869. The van der Waals surface area contributed by atoms with Gasteiger partial charge in [0.2, 0.25) is 0 Å². The summed E-state index contributed by atoms with van der Waals surface area (Å²) in [5.41, 5.74) is 5.76. The number of halogens is 1. The third kappa shape index (κ3) is 6.09. The fraction of sp³-hybridized carbons (Fsp3) is 0.467. The number of carboxylic acid groups (broad SMARTS) is 1. The van der Waals surface area contributed by atoms with Gasteiger partial charge < -0.3 is 20.9 Å². The predicted octanol–water partition coefficient (Wildman–Crippen LogP) is 2.19. The quantitative estimate of drug-likeness (QED) is 0.773. The molecule has 1 rings (SSSR count). The third-order valence-corrected chi connectivity index (χ3v) is 2.78. The van der Waals surface area contributed by atoms with Crippen molar-refractivity contribution < 1.29 is 23.8 Å². The molecule has 2 atom stereocenters. The minimum Gasteiger partial charge on any atom is -0.480 e. The molecule has 0 fully saturated rings. The molecule has 1 aromatic rings. The Kier molecular flexibility index (Phi) is 5.87. The van der Waals surface area contributed by atoms with E-state index in [-0.39, 0.29) is 6.42 Å². The maximum Gasteiger partial charge on any atom is 0.408 e.